The van der Waals surface area contributed by atoms with Crippen molar-refractivity contribution >= 4 is 24.0 Å². The Morgan fingerprint density at radius 3 is 2.45 bits per heavy atom. The minimum Gasteiger partial charge on any atom is -0.314 e. The molecule has 1 fully saturated rings. The van der Waals surface area contributed by atoms with Crippen LogP contribution in [-0.4, -0.2) is 37.3 Å². The van der Waals surface area contributed by atoms with E-state index in [1.54, 1.807) is 6.07 Å². The van der Waals surface area contributed by atoms with Gasteiger partial charge >= 0.3 is 6.18 Å². The maximum absolute atomic E-state index is 12.6. The molecule has 0 aromatic heterocycles. The number of hydrogen-bond acceptors (Lipinski definition) is 2. The number of hydrogen-bond donors (Lipinski definition) is 1. The highest BCUT2D eigenvalue weighted by Gasteiger charge is 2.32. The monoisotopic (exact) mass is 356 g/mol. The van der Waals surface area contributed by atoms with Crippen molar-refractivity contribution in [3.05, 3.63) is 34.3 Å². The van der Waals surface area contributed by atoms with Gasteiger partial charge in [-0.3, -0.25) is 4.90 Å². The van der Waals surface area contributed by atoms with Gasteiger partial charge in [0.25, 0.3) is 0 Å². The van der Waals surface area contributed by atoms with Crippen molar-refractivity contribution in [2.75, 3.05) is 26.2 Å². The second kappa shape index (κ2) is 8.39. The summed E-state index contributed by atoms with van der Waals surface area (Å²) in [6.07, 6.45) is -4.87. The van der Waals surface area contributed by atoms with Crippen molar-refractivity contribution in [1.82, 2.24) is 10.2 Å². The predicted octanol–water partition coefficient (Wildman–Crippen LogP) is 4.36. The molecule has 2 rings (SSSR count). The number of alkyl halides is 3. The van der Waals surface area contributed by atoms with Crippen molar-refractivity contribution < 1.29 is 13.2 Å². The molecule has 1 aliphatic rings. The molecule has 0 saturated carbocycles. The van der Waals surface area contributed by atoms with Crippen LogP contribution in [0.1, 0.15) is 30.0 Å². The molecule has 0 bridgehead atoms. The van der Waals surface area contributed by atoms with Gasteiger partial charge in [-0.25, -0.2) is 0 Å². The fraction of sp³-hybridized carbons (Fsp3) is 0.600. The molecule has 0 spiro atoms. The van der Waals surface area contributed by atoms with E-state index in [1.165, 1.54) is 0 Å². The standard InChI is InChI=1S/C15H20ClF3N2.ClH/c1-11-3-2-4-12(16)14(11)13(5-6-15(17,18)19)21-9-7-20-8-10-21;/h2-4,13,20H,5-10H2,1H3;1H/t13-;/m1./s1. The Morgan fingerprint density at radius 2 is 1.91 bits per heavy atom. The molecule has 0 radical (unpaired) electrons. The van der Waals surface area contributed by atoms with Crippen LogP contribution in [0.4, 0.5) is 13.2 Å². The molecule has 0 amide bonds. The van der Waals surface area contributed by atoms with Gasteiger partial charge in [-0.2, -0.15) is 13.2 Å². The number of aryl methyl sites for hydroxylation is 1. The summed E-state index contributed by atoms with van der Waals surface area (Å²) < 4.78 is 37.9. The molecule has 1 heterocycles. The van der Waals surface area contributed by atoms with Gasteiger partial charge in [0.2, 0.25) is 0 Å². The van der Waals surface area contributed by atoms with Crippen LogP contribution in [0.15, 0.2) is 18.2 Å². The van der Waals surface area contributed by atoms with E-state index < -0.39 is 12.6 Å². The summed E-state index contributed by atoms with van der Waals surface area (Å²) in [7, 11) is 0. The number of rotatable bonds is 4. The highest BCUT2D eigenvalue weighted by atomic mass is 35.5. The van der Waals surface area contributed by atoms with E-state index in [1.807, 2.05) is 19.1 Å². The van der Waals surface area contributed by atoms with Crippen LogP contribution < -0.4 is 5.32 Å². The lowest BCUT2D eigenvalue weighted by Crippen LogP contribution is -2.45. The van der Waals surface area contributed by atoms with Gasteiger partial charge in [0.05, 0.1) is 0 Å². The third-order valence-corrected chi connectivity index (χ3v) is 4.23. The van der Waals surface area contributed by atoms with E-state index in [2.05, 4.69) is 10.2 Å². The van der Waals surface area contributed by atoms with Gasteiger partial charge in [0.15, 0.2) is 0 Å². The third kappa shape index (κ3) is 5.30. The minimum absolute atomic E-state index is 0. The number of nitrogens with one attached hydrogen (secondary N) is 1. The van der Waals surface area contributed by atoms with Crippen molar-refractivity contribution in [3.63, 3.8) is 0 Å². The number of halogens is 5. The second-order valence-corrected chi connectivity index (χ2v) is 5.83. The van der Waals surface area contributed by atoms with Crippen molar-refractivity contribution in [1.29, 1.82) is 0 Å². The predicted molar refractivity (Wildman–Crippen MR) is 85.9 cm³/mol. The molecule has 1 N–H and O–H groups in total. The minimum atomic E-state index is -4.14. The maximum atomic E-state index is 12.6. The maximum Gasteiger partial charge on any atom is 0.389 e. The lowest BCUT2D eigenvalue weighted by Gasteiger charge is -2.36. The van der Waals surface area contributed by atoms with Gasteiger partial charge in [0, 0.05) is 43.7 Å². The second-order valence-electron chi connectivity index (χ2n) is 5.43. The van der Waals surface area contributed by atoms with Crippen LogP contribution >= 0.6 is 24.0 Å². The third-order valence-electron chi connectivity index (χ3n) is 3.90. The molecule has 1 atom stereocenters. The van der Waals surface area contributed by atoms with Gasteiger partial charge in [-0.05, 0) is 30.5 Å². The zero-order valence-corrected chi connectivity index (χ0v) is 14.0. The highest BCUT2D eigenvalue weighted by molar-refractivity contribution is 6.31. The fourth-order valence-corrected chi connectivity index (χ4v) is 3.22. The molecule has 126 valence electrons. The lowest BCUT2D eigenvalue weighted by molar-refractivity contribution is -0.138. The van der Waals surface area contributed by atoms with Crippen LogP contribution in [0, 0.1) is 6.92 Å². The Morgan fingerprint density at radius 1 is 1.27 bits per heavy atom. The first-order chi connectivity index (χ1) is 9.88. The Balaban J connectivity index is 0.00000242. The Bertz CT molecular complexity index is 454. The van der Waals surface area contributed by atoms with Crippen molar-refractivity contribution in [2.45, 2.75) is 32.0 Å². The molecule has 22 heavy (non-hydrogen) atoms. The van der Waals surface area contributed by atoms with Gasteiger partial charge in [-0.1, -0.05) is 23.7 Å². The summed E-state index contributed by atoms with van der Waals surface area (Å²) >= 11 is 6.27. The highest BCUT2D eigenvalue weighted by Crippen LogP contribution is 2.36. The summed E-state index contributed by atoms with van der Waals surface area (Å²) in [5, 5.41) is 3.78. The topological polar surface area (TPSA) is 15.3 Å². The Hall–Kier alpha value is -0.490. The van der Waals surface area contributed by atoms with E-state index in [4.69, 9.17) is 11.6 Å². The number of benzene rings is 1. The van der Waals surface area contributed by atoms with E-state index in [-0.39, 0.29) is 24.9 Å². The summed E-state index contributed by atoms with van der Waals surface area (Å²) in [6.45, 7) is 4.99. The number of piperazine rings is 1. The van der Waals surface area contributed by atoms with Crippen molar-refractivity contribution in [2.24, 2.45) is 0 Å². The molecule has 0 unspecified atom stereocenters. The smallest absolute Gasteiger partial charge is 0.314 e. The quantitative estimate of drug-likeness (QED) is 0.862. The van der Waals surface area contributed by atoms with Crippen LogP contribution in [-0.2, 0) is 0 Å². The average molecular weight is 357 g/mol. The summed E-state index contributed by atoms with van der Waals surface area (Å²) in [5.74, 6) is 0. The Labute approximate surface area is 140 Å². The molecule has 1 aromatic rings. The van der Waals surface area contributed by atoms with E-state index >= 15 is 0 Å². The first-order valence-electron chi connectivity index (χ1n) is 7.15. The fourth-order valence-electron chi connectivity index (χ4n) is 2.87. The largest absolute Gasteiger partial charge is 0.389 e. The average Bonchev–Trinajstić information content (AvgIpc) is 2.42. The number of nitrogens with zero attached hydrogens (tertiary/aromatic N) is 1. The van der Waals surface area contributed by atoms with Crippen LogP contribution in [0.3, 0.4) is 0 Å². The summed E-state index contributed by atoms with van der Waals surface area (Å²) in [4.78, 5) is 2.11. The molecular formula is C15H21Cl2F3N2. The molecule has 1 aliphatic heterocycles. The van der Waals surface area contributed by atoms with Gasteiger partial charge in [-0.15, -0.1) is 12.4 Å². The van der Waals surface area contributed by atoms with Crippen LogP contribution in [0.5, 0.6) is 0 Å². The van der Waals surface area contributed by atoms with Crippen LogP contribution in [0.2, 0.25) is 5.02 Å². The first kappa shape index (κ1) is 19.6. The lowest BCUT2D eigenvalue weighted by atomic mass is 9.95. The van der Waals surface area contributed by atoms with Crippen LogP contribution in [0.25, 0.3) is 0 Å². The zero-order valence-electron chi connectivity index (χ0n) is 12.4. The van der Waals surface area contributed by atoms with E-state index in [0.29, 0.717) is 5.02 Å². The molecule has 7 heteroatoms. The first-order valence-corrected chi connectivity index (χ1v) is 7.53. The van der Waals surface area contributed by atoms with Gasteiger partial charge < -0.3 is 5.32 Å². The Kier molecular flexibility index (Phi) is 7.46. The van der Waals surface area contributed by atoms with Gasteiger partial charge in [0.1, 0.15) is 0 Å². The normalized spacial score (nSPS) is 17.9. The molecule has 1 aromatic carbocycles. The van der Waals surface area contributed by atoms with E-state index in [0.717, 1.165) is 37.3 Å². The van der Waals surface area contributed by atoms with E-state index in [9.17, 15) is 13.2 Å². The zero-order chi connectivity index (χ0) is 15.5. The molecule has 2 nitrogen and oxygen atoms in total. The molecule has 1 saturated heterocycles. The summed E-state index contributed by atoms with van der Waals surface area (Å²) in [6, 6.07) is 5.22. The SMILES string of the molecule is Cc1cccc(Cl)c1[C@@H](CCC(F)(F)F)N1CCNCC1.Cl. The van der Waals surface area contributed by atoms with Crippen molar-refractivity contribution in [3.8, 4) is 0 Å². The molecular weight excluding hydrogens is 336 g/mol. The molecule has 0 aliphatic carbocycles. The summed E-state index contributed by atoms with van der Waals surface area (Å²) in [5.41, 5.74) is 1.79.